The fourth-order valence-electron chi connectivity index (χ4n) is 0.873. The maximum atomic E-state index is 9.10. The molecule has 1 N–H and O–H groups in total. The van der Waals surface area contributed by atoms with E-state index in [-0.39, 0.29) is 5.54 Å². The predicted octanol–water partition coefficient (Wildman–Crippen LogP) is 0.351. The molecule has 0 amide bonds. The molecule has 0 aliphatic rings. The summed E-state index contributed by atoms with van der Waals surface area (Å²) in [4.78, 5) is 1.56. The molecule has 74 valence electrons. The molecular formula is C8H16N4O. The van der Waals surface area contributed by atoms with Crippen molar-refractivity contribution in [3.8, 4) is 0 Å². The van der Waals surface area contributed by atoms with Crippen LogP contribution in [0.3, 0.4) is 0 Å². The molecular weight excluding hydrogens is 168 g/mol. The molecule has 1 heterocycles. The minimum absolute atomic E-state index is 0.149. The summed E-state index contributed by atoms with van der Waals surface area (Å²) in [5.74, 6) is 0.588. The zero-order valence-electron chi connectivity index (χ0n) is 8.52. The second kappa shape index (κ2) is 3.41. The SMILES string of the molecule is C[C@H](O)Cc1nnn(C(C)(C)C)n1. The highest BCUT2D eigenvalue weighted by Crippen LogP contribution is 2.09. The van der Waals surface area contributed by atoms with Gasteiger partial charge in [-0.1, -0.05) is 0 Å². The zero-order chi connectivity index (χ0) is 10.1. The predicted molar refractivity (Wildman–Crippen MR) is 48.2 cm³/mol. The standard InChI is InChI=1S/C8H16N4O/c1-6(13)5-7-9-11-12(10-7)8(2,3)4/h6,13H,5H2,1-4H3/t6-/m0/s1. The van der Waals surface area contributed by atoms with E-state index in [0.29, 0.717) is 12.2 Å². The van der Waals surface area contributed by atoms with Gasteiger partial charge in [0.2, 0.25) is 0 Å². The first-order valence-corrected chi connectivity index (χ1v) is 4.37. The summed E-state index contributed by atoms with van der Waals surface area (Å²) in [6.45, 7) is 7.71. The molecule has 0 fully saturated rings. The van der Waals surface area contributed by atoms with Gasteiger partial charge >= 0.3 is 0 Å². The van der Waals surface area contributed by atoms with Crippen LogP contribution >= 0.6 is 0 Å². The number of aliphatic hydroxyl groups is 1. The summed E-state index contributed by atoms with van der Waals surface area (Å²) in [5, 5.41) is 21.0. The molecule has 0 unspecified atom stereocenters. The van der Waals surface area contributed by atoms with Gasteiger partial charge in [-0.25, -0.2) is 0 Å². The number of hydrogen-bond acceptors (Lipinski definition) is 4. The Labute approximate surface area is 77.8 Å². The van der Waals surface area contributed by atoms with Crippen molar-refractivity contribution in [2.24, 2.45) is 0 Å². The van der Waals surface area contributed by atoms with E-state index in [1.807, 2.05) is 20.8 Å². The van der Waals surface area contributed by atoms with Crippen LogP contribution in [0.25, 0.3) is 0 Å². The van der Waals surface area contributed by atoms with E-state index < -0.39 is 6.10 Å². The molecule has 0 bridgehead atoms. The quantitative estimate of drug-likeness (QED) is 0.720. The third kappa shape index (κ3) is 2.77. The van der Waals surface area contributed by atoms with Crippen LogP contribution in [-0.4, -0.2) is 31.4 Å². The Bertz CT molecular complexity index is 274. The molecule has 1 rings (SSSR count). The molecule has 13 heavy (non-hydrogen) atoms. The lowest BCUT2D eigenvalue weighted by atomic mass is 10.1. The fraction of sp³-hybridized carbons (Fsp3) is 0.875. The molecule has 0 spiro atoms. The second-order valence-electron chi connectivity index (χ2n) is 4.22. The lowest BCUT2D eigenvalue weighted by Crippen LogP contribution is -2.24. The van der Waals surface area contributed by atoms with Crippen molar-refractivity contribution in [1.82, 2.24) is 20.2 Å². The number of hydrogen-bond donors (Lipinski definition) is 1. The van der Waals surface area contributed by atoms with E-state index in [4.69, 9.17) is 5.11 Å². The maximum Gasteiger partial charge on any atom is 0.177 e. The van der Waals surface area contributed by atoms with Gasteiger partial charge in [0.15, 0.2) is 5.82 Å². The monoisotopic (exact) mass is 184 g/mol. The molecule has 0 saturated carbocycles. The number of aromatic nitrogens is 4. The first kappa shape index (κ1) is 10.1. The Hall–Kier alpha value is -0.970. The van der Waals surface area contributed by atoms with Crippen LogP contribution < -0.4 is 0 Å². The third-order valence-corrected chi connectivity index (χ3v) is 1.53. The van der Waals surface area contributed by atoms with Crippen LogP contribution in [-0.2, 0) is 12.0 Å². The Balaban J connectivity index is 2.75. The van der Waals surface area contributed by atoms with Gasteiger partial charge in [0.05, 0.1) is 11.6 Å². The van der Waals surface area contributed by atoms with Crippen LogP contribution in [0.2, 0.25) is 0 Å². The van der Waals surface area contributed by atoms with Crippen molar-refractivity contribution < 1.29 is 5.11 Å². The normalized spacial score (nSPS) is 14.5. The first-order valence-electron chi connectivity index (χ1n) is 4.37. The minimum Gasteiger partial charge on any atom is -0.393 e. The molecule has 1 aromatic rings. The van der Waals surface area contributed by atoms with Crippen LogP contribution in [0.15, 0.2) is 0 Å². The molecule has 0 aliphatic heterocycles. The largest absolute Gasteiger partial charge is 0.393 e. The van der Waals surface area contributed by atoms with E-state index in [1.165, 1.54) is 0 Å². The Morgan fingerprint density at radius 3 is 2.46 bits per heavy atom. The van der Waals surface area contributed by atoms with E-state index in [1.54, 1.807) is 11.7 Å². The summed E-state index contributed by atoms with van der Waals surface area (Å²) < 4.78 is 0. The van der Waals surface area contributed by atoms with Gasteiger partial charge in [-0.15, -0.1) is 10.2 Å². The van der Waals surface area contributed by atoms with E-state index in [2.05, 4.69) is 15.4 Å². The van der Waals surface area contributed by atoms with Crippen molar-refractivity contribution >= 4 is 0 Å². The topological polar surface area (TPSA) is 63.8 Å². The van der Waals surface area contributed by atoms with Gasteiger partial charge < -0.3 is 5.11 Å². The lowest BCUT2D eigenvalue weighted by Gasteiger charge is -2.15. The summed E-state index contributed by atoms with van der Waals surface area (Å²) in [7, 11) is 0. The second-order valence-corrected chi connectivity index (χ2v) is 4.22. The van der Waals surface area contributed by atoms with Gasteiger partial charge in [-0.2, -0.15) is 4.80 Å². The van der Waals surface area contributed by atoms with E-state index >= 15 is 0 Å². The summed E-state index contributed by atoms with van der Waals surface area (Å²) in [5.41, 5.74) is -0.149. The van der Waals surface area contributed by atoms with Crippen molar-refractivity contribution in [1.29, 1.82) is 0 Å². The lowest BCUT2D eigenvalue weighted by molar-refractivity contribution is 0.192. The molecule has 1 atom stereocenters. The van der Waals surface area contributed by atoms with Crippen molar-refractivity contribution in [2.75, 3.05) is 0 Å². The van der Waals surface area contributed by atoms with Crippen LogP contribution in [0.5, 0.6) is 0 Å². The Kier molecular flexibility index (Phi) is 2.66. The van der Waals surface area contributed by atoms with Gasteiger partial charge in [-0.3, -0.25) is 0 Å². The summed E-state index contributed by atoms with van der Waals surface area (Å²) in [6.07, 6.45) is 0.0356. The minimum atomic E-state index is -0.419. The van der Waals surface area contributed by atoms with Gasteiger partial charge in [0.1, 0.15) is 0 Å². The fourth-order valence-corrected chi connectivity index (χ4v) is 0.873. The van der Waals surface area contributed by atoms with Crippen LogP contribution in [0.4, 0.5) is 0 Å². The van der Waals surface area contributed by atoms with Crippen LogP contribution in [0.1, 0.15) is 33.5 Å². The van der Waals surface area contributed by atoms with Crippen molar-refractivity contribution in [2.45, 2.75) is 45.8 Å². The Morgan fingerprint density at radius 2 is 2.08 bits per heavy atom. The number of aliphatic hydroxyl groups excluding tert-OH is 1. The van der Waals surface area contributed by atoms with E-state index in [0.717, 1.165) is 0 Å². The smallest absolute Gasteiger partial charge is 0.177 e. The zero-order valence-corrected chi connectivity index (χ0v) is 8.52. The number of nitrogens with zero attached hydrogens (tertiary/aromatic N) is 4. The molecule has 5 nitrogen and oxygen atoms in total. The van der Waals surface area contributed by atoms with E-state index in [9.17, 15) is 0 Å². The van der Waals surface area contributed by atoms with Crippen LogP contribution in [0, 0.1) is 0 Å². The number of tetrazole rings is 1. The molecule has 0 saturated heterocycles. The van der Waals surface area contributed by atoms with Gasteiger partial charge in [-0.05, 0) is 32.9 Å². The van der Waals surface area contributed by atoms with Crippen molar-refractivity contribution in [3.63, 3.8) is 0 Å². The summed E-state index contributed by atoms with van der Waals surface area (Å²) in [6, 6.07) is 0. The first-order chi connectivity index (χ1) is 5.89. The molecule has 0 aliphatic carbocycles. The van der Waals surface area contributed by atoms with Gasteiger partial charge in [0, 0.05) is 6.42 Å². The summed E-state index contributed by atoms with van der Waals surface area (Å²) >= 11 is 0. The average molecular weight is 184 g/mol. The molecule has 0 radical (unpaired) electrons. The Morgan fingerprint density at radius 1 is 1.46 bits per heavy atom. The highest BCUT2D eigenvalue weighted by molar-refractivity contribution is 4.81. The van der Waals surface area contributed by atoms with Crippen molar-refractivity contribution in [3.05, 3.63) is 5.82 Å². The average Bonchev–Trinajstić information content (AvgIpc) is 2.32. The highest BCUT2D eigenvalue weighted by atomic mass is 16.3. The highest BCUT2D eigenvalue weighted by Gasteiger charge is 2.17. The number of rotatable bonds is 2. The molecule has 0 aromatic carbocycles. The van der Waals surface area contributed by atoms with Gasteiger partial charge in [0.25, 0.3) is 0 Å². The molecule has 1 aromatic heterocycles. The maximum absolute atomic E-state index is 9.10. The third-order valence-electron chi connectivity index (χ3n) is 1.53. The molecule has 5 heteroatoms.